The SMILES string of the molecule is CN(C)CC[C@@H]([NH])CSc1cccs1. The van der Waals surface area contributed by atoms with Gasteiger partial charge >= 0.3 is 0 Å². The molecule has 0 unspecified atom stereocenters. The van der Waals surface area contributed by atoms with Crippen molar-refractivity contribution in [3.8, 4) is 0 Å². The fourth-order valence-electron chi connectivity index (χ4n) is 1.03. The smallest absolute Gasteiger partial charge is 0.0599 e. The van der Waals surface area contributed by atoms with Gasteiger partial charge in [-0.1, -0.05) is 6.07 Å². The first-order valence-corrected chi connectivity index (χ1v) is 6.57. The first-order chi connectivity index (χ1) is 6.68. The molecule has 4 heteroatoms. The minimum absolute atomic E-state index is 0.0597. The van der Waals surface area contributed by atoms with Gasteiger partial charge in [-0.25, -0.2) is 0 Å². The molecular weight excluding hydrogens is 212 g/mol. The fraction of sp³-hybridized carbons (Fsp3) is 0.600. The Hall–Kier alpha value is -0.0300. The van der Waals surface area contributed by atoms with E-state index in [1.54, 1.807) is 23.1 Å². The van der Waals surface area contributed by atoms with Crippen molar-refractivity contribution < 1.29 is 0 Å². The molecule has 0 amide bonds. The lowest BCUT2D eigenvalue weighted by Crippen LogP contribution is -2.21. The summed E-state index contributed by atoms with van der Waals surface area (Å²) in [5.41, 5.74) is 7.82. The molecule has 1 N–H and O–H groups in total. The third kappa shape index (κ3) is 5.00. The Morgan fingerprint density at radius 1 is 1.57 bits per heavy atom. The minimum Gasteiger partial charge on any atom is -0.309 e. The molecule has 0 aromatic carbocycles. The molecule has 0 aliphatic carbocycles. The largest absolute Gasteiger partial charge is 0.309 e. The van der Waals surface area contributed by atoms with Gasteiger partial charge in [-0.15, -0.1) is 23.1 Å². The fourth-order valence-corrected chi connectivity index (χ4v) is 2.82. The Balaban J connectivity index is 2.12. The molecule has 0 fully saturated rings. The van der Waals surface area contributed by atoms with Crippen LogP contribution in [0.15, 0.2) is 21.7 Å². The van der Waals surface area contributed by atoms with Crippen molar-refractivity contribution in [3.63, 3.8) is 0 Å². The van der Waals surface area contributed by atoms with Gasteiger partial charge in [-0.3, -0.25) is 5.73 Å². The van der Waals surface area contributed by atoms with Crippen molar-refractivity contribution >= 4 is 23.1 Å². The highest BCUT2D eigenvalue weighted by Gasteiger charge is 2.05. The second-order valence-corrected chi connectivity index (χ2v) is 5.80. The molecule has 1 aromatic heterocycles. The van der Waals surface area contributed by atoms with Crippen LogP contribution >= 0.6 is 23.1 Å². The van der Waals surface area contributed by atoms with Gasteiger partial charge in [-0.2, -0.15) is 0 Å². The zero-order chi connectivity index (χ0) is 10.4. The average Bonchev–Trinajstić information content (AvgIpc) is 2.63. The van der Waals surface area contributed by atoms with Crippen LogP contribution in [0.5, 0.6) is 0 Å². The van der Waals surface area contributed by atoms with Crippen LogP contribution in [-0.4, -0.2) is 37.3 Å². The van der Waals surface area contributed by atoms with E-state index in [1.807, 2.05) is 0 Å². The molecular formula is C10H17N2S2. The maximum absolute atomic E-state index is 7.82. The van der Waals surface area contributed by atoms with E-state index < -0.39 is 0 Å². The third-order valence-corrected chi connectivity index (χ3v) is 4.14. The Morgan fingerprint density at radius 3 is 2.93 bits per heavy atom. The standard InChI is InChI=1S/C10H17N2S2/c1-12(2)6-5-9(11)8-14-10-4-3-7-13-10/h3-4,7,9,11H,5-6,8H2,1-2H3/t9-/m1/s1. The summed E-state index contributed by atoms with van der Waals surface area (Å²) < 4.78 is 1.33. The highest BCUT2D eigenvalue weighted by atomic mass is 32.2. The topological polar surface area (TPSA) is 27.0 Å². The molecule has 79 valence electrons. The molecule has 0 saturated carbocycles. The molecule has 2 nitrogen and oxygen atoms in total. The van der Waals surface area contributed by atoms with Crippen LogP contribution in [0.3, 0.4) is 0 Å². The maximum Gasteiger partial charge on any atom is 0.0599 e. The summed E-state index contributed by atoms with van der Waals surface area (Å²) in [6.45, 7) is 1.01. The Bertz CT molecular complexity index is 234. The first kappa shape index (κ1) is 12.0. The van der Waals surface area contributed by atoms with E-state index in [0.717, 1.165) is 18.7 Å². The molecule has 0 bridgehead atoms. The van der Waals surface area contributed by atoms with Gasteiger partial charge in [0, 0.05) is 11.8 Å². The van der Waals surface area contributed by atoms with E-state index >= 15 is 0 Å². The molecule has 1 radical (unpaired) electrons. The highest BCUT2D eigenvalue weighted by molar-refractivity contribution is 8.01. The summed E-state index contributed by atoms with van der Waals surface area (Å²) in [6, 6.07) is 4.24. The quantitative estimate of drug-likeness (QED) is 0.701. The summed E-state index contributed by atoms with van der Waals surface area (Å²) in [6.07, 6.45) is 0.964. The van der Waals surface area contributed by atoms with Gasteiger partial charge in [0.2, 0.25) is 0 Å². The van der Waals surface area contributed by atoms with Crippen LogP contribution in [-0.2, 0) is 0 Å². The molecule has 1 heterocycles. The summed E-state index contributed by atoms with van der Waals surface area (Å²) in [4.78, 5) is 2.14. The summed E-state index contributed by atoms with van der Waals surface area (Å²) in [7, 11) is 4.11. The average molecular weight is 229 g/mol. The number of hydrogen-bond donors (Lipinski definition) is 0. The zero-order valence-electron chi connectivity index (χ0n) is 8.69. The molecule has 0 saturated heterocycles. The van der Waals surface area contributed by atoms with Crippen LogP contribution in [0.4, 0.5) is 0 Å². The van der Waals surface area contributed by atoms with Crippen molar-refractivity contribution in [1.29, 1.82) is 0 Å². The lowest BCUT2D eigenvalue weighted by molar-refractivity contribution is 0.385. The number of thiophene rings is 1. The van der Waals surface area contributed by atoms with Crippen LogP contribution < -0.4 is 5.73 Å². The van der Waals surface area contributed by atoms with E-state index in [2.05, 4.69) is 36.5 Å². The lowest BCUT2D eigenvalue weighted by atomic mass is 10.2. The van der Waals surface area contributed by atoms with E-state index in [-0.39, 0.29) is 6.04 Å². The molecule has 0 aliphatic rings. The molecule has 1 rings (SSSR count). The van der Waals surface area contributed by atoms with Crippen LogP contribution in [0.25, 0.3) is 0 Å². The normalized spacial score (nSPS) is 13.4. The van der Waals surface area contributed by atoms with Crippen LogP contribution in [0.1, 0.15) is 6.42 Å². The summed E-state index contributed by atoms with van der Waals surface area (Å²) in [5.74, 6) is 0.911. The number of nitrogens with one attached hydrogen (secondary N) is 1. The van der Waals surface area contributed by atoms with Gasteiger partial charge in [0.1, 0.15) is 0 Å². The minimum atomic E-state index is 0.0597. The van der Waals surface area contributed by atoms with E-state index in [0.29, 0.717) is 0 Å². The van der Waals surface area contributed by atoms with Crippen LogP contribution in [0.2, 0.25) is 0 Å². The van der Waals surface area contributed by atoms with Crippen molar-refractivity contribution in [2.75, 3.05) is 26.4 Å². The third-order valence-electron chi connectivity index (χ3n) is 1.85. The second kappa shape index (κ2) is 6.45. The van der Waals surface area contributed by atoms with Crippen molar-refractivity contribution in [3.05, 3.63) is 17.5 Å². The maximum atomic E-state index is 7.82. The van der Waals surface area contributed by atoms with Crippen molar-refractivity contribution in [2.45, 2.75) is 16.7 Å². The summed E-state index contributed by atoms with van der Waals surface area (Å²) in [5, 5.41) is 2.08. The monoisotopic (exact) mass is 229 g/mol. The van der Waals surface area contributed by atoms with E-state index in [1.165, 1.54) is 4.21 Å². The lowest BCUT2D eigenvalue weighted by Gasteiger charge is -2.13. The number of nitrogens with zero attached hydrogens (tertiary/aromatic N) is 1. The Kier molecular flexibility index (Phi) is 5.55. The van der Waals surface area contributed by atoms with Crippen molar-refractivity contribution in [1.82, 2.24) is 10.6 Å². The van der Waals surface area contributed by atoms with Crippen molar-refractivity contribution in [2.24, 2.45) is 0 Å². The Labute approximate surface area is 94.5 Å². The molecule has 0 spiro atoms. The second-order valence-electron chi connectivity index (χ2n) is 3.53. The van der Waals surface area contributed by atoms with E-state index in [4.69, 9.17) is 5.73 Å². The van der Waals surface area contributed by atoms with Gasteiger partial charge in [0.25, 0.3) is 0 Å². The highest BCUT2D eigenvalue weighted by Crippen LogP contribution is 2.24. The molecule has 1 atom stereocenters. The molecule has 0 aliphatic heterocycles. The zero-order valence-corrected chi connectivity index (χ0v) is 10.3. The van der Waals surface area contributed by atoms with Crippen LogP contribution in [0, 0.1) is 0 Å². The van der Waals surface area contributed by atoms with Gasteiger partial charge in [0.05, 0.1) is 4.21 Å². The molecule has 1 aromatic rings. The number of thioether (sulfide) groups is 1. The van der Waals surface area contributed by atoms with Gasteiger partial charge in [-0.05, 0) is 38.5 Å². The number of hydrogen-bond acceptors (Lipinski definition) is 3. The predicted octanol–water partition coefficient (Wildman–Crippen LogP) is 2.44. The van der Waals surface area contributed by atoms with Gasteiger partial charge < -0.3 is 4.90 Å². The number of rotatable bonds is 6. The Morgan fingerprint density at radius 2 is 2.36 bits per heavy atom. The van der Waals surface area contributed by atoms with E-state index in [9.17, 15) is 0 Å². The van der Waals surface area contributed by atoms with Gasteiger partial charge in [0.15, 0.2) is 0 Å². The first-order valence-electron chi connectivity index (χ1n) is 4.70. The summed E-state index contributed by atoms with van der Waals surface area (Å²) >= 11 is 3.56. The molecule has 14 heavy (non-hydrogen) atoms. The predicted molar refractivity (Wildman–Crippen MR) is 65.1 cm³/mol.